The van der Waals surface area contributed by atoms with E-state index in [0.717, 1.165) is 0 Å². The predicted octanol–water partition coefficient (Wildman–Crippen LogP) is 2.83. The van der Waals surface area contributed by atoms with Crippen LogP contribution in [0.2, 0.25) is 5.02 Å². The number of nitrogens with zero attached hydrogens (tertiary/aromatic N) is 2. The molecule has 0 atom stereocenters. The fourth-order valence-electron chi connectivity index (χ4n) is 0.975. The molecule has 1 aromatic heterocycles. The number of allylic oxidation sites excluding steroid dienone is 1. The Morgan fingerprint density at radius 3 is 3.00 bits per heavy atom. The highest BCUT2D eigenvalue weighted by atomic mass is 35.5. The van der Waals surface area contributed by atoms with Crippen LogP contribution in [0.15, 0.2) is 29.9 Å². The largest absolute Gasteiger partial charge is 0.294 e. The number of ketones is 1. The number of carbonyl (C=O) groups is 1. The van der Waals surface area contributed by atoms with Gasteiger partial charge in [0, 0.05) is 12.4 Å². The lowest BCUT2D eigenvalue weighted by Gasteiger charge is -2.01. The van der Waals surface area contributed by atoms with Crippen molar-refractivity contribution in [1.29, 1.82) is 0 Å². The number of Topliss-reactive ketones (excluding diaryl/α,β-unsaturated/α-hetero) is 1. The van der Waals surface area contributed by atoms with Gasteiger partial charge in [-0.15, -0.1) is 0 Å². The zero-order chi connectivity index (χ0) is 10.6. The van der Waals surface area contributed by atoms with Crippen LogP contribution >= 0.6 is 11.6 Å². The zero-order valence-corrected chi connectivity index (χ0v) is 8.45. The molecule has 1 aromatic rings. The van der Waals surface area contributed by atoms with Gasteiger partial charge in [-0.1, -0.05) is 24.3 Å². The third-order valence-corrected chi connectivity index (χ3v) is 1.85. The number of rotatable bonds is 3. The van der Waals surface area contributed by atoms with E-state index in [-0.39, 0.29) is 5.78 Å². The molecule has 0 aliphatic heterocycles. The molecule has 0 amide bonds. The Labute approximate surface area is 87.1 Å². The van der Waals surface area contributed by atoms with Gasteiger partial charge in [-0.3, -0.25) is 4.79 Å². The molecule has 0 saturated heterocycles. The molecular weight excluding hydrogens is 200 g/mol. The highest BCUT2D eigenvalue weighted by Gasteiger charge is 2.11. The Morgan fingerprint density at radius 1 is 1.71 bits per heavy atom. The van der Waals surface area contributed by atoms with Gasteiger partial charge in [0.25, 0.3) is 0 Å². The Hall–Kier alpha value is -1.48. The maximum Gasteiger partial charge on any atom is 0.165 e. The van der Waals surface area contributed by atoms with E-state index in [4.69, 9.17) is 11.6 Å². The molecule has 0 saturated carbocycles. The lowest BCUT2D eigenvalue weighted by molar-refractivity contribution is 0.101. The van der Waals surface area contributed by atoms with Crippen molar-refractivity contribution < 1.29 is 4.79 Å². The standard InChI is InChI=1S/C10H9ClN2O/c1-3-5-12-10-9(7(2)14)8(11)4-6-13-10/h3-6H,1H2,2H3/b12-5-. The van der Waals surface area contributed by atoms with Crippen molar-refractivity contribution in [2.24, 2.45) is 4.99 Å². The van der Waals surface area contributed by atoms with Crippen LogP contribution in [0.1, 0.15) is 17.3 Å². The summed E-state index contributed by atoms with van der Waals surface area (Å²) in [6.45, 7) is 4.90. The van der Waals surface area contributed by atoms with E-state index in [1.807, 2.05) is 0 Å². The molecule has 0 aliphatic rings. The van der Waals surface area contributed by atoms with Gasteiger partial charge in [-0.25, -0.2) is 9.98 Å². The number of halogens is 1. The van der Waals surface area contributed by atoms with Crippen molar-refractivity contribution >= 4 is 29.4 Å². The van der Waals surface area contributed by atoms with E-state index in [9.17, 15) is 4.79 Å². The highest BCUT2D eigenvalue weighted by Crippen LogP contribution is 2.24. The molecule has 0 radical (unpaired) electrons. The summed E-state index contributed by atoms with van der Waals surface area (Å²) >= 11 is 5.84. The Kier molecular flexibility index (Phi) is 3.54. The summed E-state index contributed by atoms with van der Waals surface area (Å²) in [7, 11) is 0. The summed E-state index contributed by atoms with van der Waals surface area (Å²) in [5.41, 5.74) is 0.340. The highest BCUT2D eigenvalue weighted by molar-refractivity contribution is 6.34. The van der Waals surface area contributed by atoms with Crippen LogP contribution in [0, 0.1) is 0 Å². The van der Waals surface area contributed by atoms with E-state index < -0.39 is 0 Å². The molecule has 14 heavy (non-hydrogen) atoms. The predicted molar refractivity (Wildman–Crippen MR) is 57.6 cm³/mol. The molecule has 0 N–H and O–H groups in total. The second-order valence-corrected chi connectivity index (χ2v) is 2.97. The number of hydrogen-bond donors (Lipinski definition) is 0. The van der Waals surface area contributed by atoms with Crippen LogP contribution < -0.4 is 0 Å². The average molecular weight is 209 g/mol. The Balaban J connectivity index is 3.27. The van der Waals surface area contributed by atoms with Crippen LogP contribution in [0.5, 0.6) is 0 Å². The quantitative estimate of drug-likeness (QED) is 0.566. The first kappa shape index (κ1) is 10.6. The minimum atomic E-state index is -0.153. The molecular formula is C10H9ClN2O. The molecule has 0 fully saturated rings. The van der Waals surface area contributed by atoms with E-state index in [1.54, 1.807) is 6.07 Å². The van der Waals surface area contributed by atoms with Gasteiger partial charge >= 0.3 is 0 Å². The van der Waals surface area contributed by atoms with Gasteiger partial charge in [0.1, 0.15) is 0 Å². The molecule has 4 heteroatoms. The average Bonchev–Trinajstić information content (AvgIpc) is 2.14. The molecule has 0 aliphatic carbocycles. The van der Waals surface area contributed by atoms with E-state index in [0.29, 0.717) is 16.4 Å². The van der Waals surface area contributed by atoms with Crippen LogP contribution in [-0.4, -0.2) is 17.0 Å². The maximum absolute atomic E-state index is 11.2. The molecule has 0 unspecified atom stereocenters. The number of pyridine rings is 1. The van der Waals surface area contributed by atoms with Crippen molar-refractivity contribution in [3.05, 3.63) is 35.5 Å². The normalized spacial score (nSPS) is 10.4. The summed E-state index contributed by atoms with van der Waals surface area (Å²) < 4.78 is 0. The van der Waals surface area contributed by atoms with Crippen LogP contribution in [0.4, 0.5) is 5.82 Å². The van der Waals surface area contributed by atoms with E-state index >= 15 is 0 Å². The second kappa shape index (κ2) is 4.67. The molecule has 3 nitrogen and oxygen atoms in total. The van der Waals surface area contributed by atoms with Crippen LogP contribution in [0.25, 0.3) is 0 Å². The van der Waals surface area contributed by atoms with Gasteiger partial charge in [0.2, 0.25) is 0 Å². The first-order valence-electron chi connectivity index (χ1n) is 3.97. The summed E-state index contributed by atoms with van der Waals surface area (Å²) in [6, 6.07) is 1.56. The number of carbonyl (C=O) groups excluding carboxylic acids is 1. The van der Waals surface area contributed by atoms with Gasteiger partial charge in [-0.05, 0) is 13.0 Å². The van der Waals surface area contributed by atoms with Crippen molar-refractivity contribution in [3.8, 4) is 0 Å². The Bertz CT molecular complexity index is 399. The fourth-order valence-corrected chi connectivity index (χ4v) is 1.25. The SMILES string of the molecule is C=C/C=N\c1nccc(Cl)c1C(C)=O. The molecule has 0 spiro atoms. The van der Waals surface area contributed by atoms with Gasteiger partial charge in [0.15, 0.2) is 11.6 Å². The van der Waals surface area contributed by atoms with Crippen molar-refractivity contribution in [1.82, 2.24) is 4.98 Å². The van der Waals surface area contributed by atoms with E-state index in [2.05, 4.69) is 16.6 Å². The van der Waals surface area contributed by atoms with Crippen molar-refractivity contribution in [2.75, 3.05) is 0 Å². The van der Waals surface area contributed by atoms with Crippen molar-refractivity contribution in [3.63, 3.8) is 0 Å². The first-order chi connectivity index (χ1) is 6.66. The van der Waals surface area contributed by atoms with Gasteiger partial charge in [-0.2, -0.15) is 0 Å². The Morgan fingerprint density at radius 2 is 2.43 bits per heavy atom. The lowest BCUT2D eigenvalue weighted by Crippen LogP contribution is -1.95. The van der Waals surface area contributed by atoms with Gasteiger partial charge in [0.05, 0.1) is 10.6 Å². The van der Waals surface area contributed by atoms with Crippen LogP contribution in [-0.2, 0) is 0 Å². The summed E-state index contributed by atoms with van der Waals surface area (Å²) in [6.07, 6.45) is 4.47. The zero-order valence-electron chi connectivity index (χ0n) is 7.70. The smallest absolute Gasteiger partial charge is 0.165 e. The van der Waals surface area contributed by atoms with Crippen LogP contribution in [0.3, 0.4) is 0 Å². The summed E-state index contributed by atoms with van der Waals surface area (Å²) in [4.78, 5) is 19.1. The molecule has 0 bridgehead atoms. The summed E-state index contributed by atoms with van der Waals surface area (Å²) in [5.74, 6) is 0.171. The minimum absolute atomic E-state index is 0.153. The van der Waals surface area contributed by atoms with E-state index in [1.165, 1.54) is 25.4 Å². The van der Waals surface area contributed by atoms with Crippen molar-refractivity contribution in [2.45, 2.75) is 6.92 Å². The maximum atomic E-state index is 11.2. The third-order valence-electron chi connectivity index (χ3n) is 1.53. The molecule has 0 aromatic carbocycles. The first-order valence-corrected chi connectivity index (χ1v) is 4.35. The number of aromatic nitrogens is 1. The fraction of sp³-hybridized carbons (Fsp3) is 0.100. The lowest BCUT2D eigenvalue weighted by atomic mass is 10.2. The number of aliphatic imine (C=N–C) groups is 1. The minimum Gasteiger partial charge on any atom is -0.294 e. The molecule has 1 heterocycles. The summed E-state index contributed by atoms with van der Waals surface area (Å²) in [5, 5.41) is 0.365. The monoisotopic (exact) mass is 208 g/mol. The molecule has 72 valence electrons. The number of hydrogen-bond acceptors (Lipinski definition) is 3. The second-order valence-electron chi connectivity index (χ2n) is 2.56. The molecule has 1 rings (SSSR count). The van der Waals surface area contributed by atoms with Gasteiger partial charge < -0.3 is 0 Å². The third kappa shape index (κ3) is 2.26. The topological polar surface area (TPSA) is 42.3 Å².